The topological polar surface area (TPSA) is 51.6 Å². The van der Waals surface area contributed by atoms with Gasteiger partial charge in [0.2, 0.25) is 0 Å². The lowest BCUT2D eigenvalue weighted by molar-refractivity contribution is 0.190. The van der Waals surface area contributed by atoms with Crippen molar-refractivity contribution in [3.8, 4) is 112 Å². The van der Waals surface area contributed by atoms with E-state index in [1.54, 1.807) is 6.07 Å². The maximum Gasteiger partial charge on any atom is 0.165 e. The fraction of sp³-hybridized carbons (Fsp3) is 0.114. The summed E-state index contributed by atoms with van der Waals surface area (Å²) in [6.07, 6.45) is 1.45. The third kappa shape index (κ3) is 8.73. The minimum Gasteiger partial charge on any atom is -0.255 e. The Kier molecular flexibility index (Phi) is 8.09. The Morgan fingerprint density at radius 3 is 1.11 bits per heavy atom. The van der Waals surface area contributed by atoms with E-state index in [2.05, 4.69) is 84.9 Å². The fourth-order valence-electron chi connectivity index (χ4n) is 9.74. The van der Waals surface area contributed by atoms with Crippen LogP contribution in [0.3, 0.4) is 0 Å². The average Bonchev–Trinajstić information content (AvgIpc) is 1.43. The molecule has 1 unspecified atom stereocenters. The molecule has 1 atom stereocenters. The molecule has 9 aromatic carbocycles. The number of aromatic nitrogens is 4. The normalized spacial score (nSPS) is 19.4. The van der Waals surface area contributed by atoms with Gasteiger partial charge < -0.3 is 0 Å². The van der Waals surface area contributed by atoms with Crippen molar-refractivity contribution < 1.29 is 21.9 Å². The molecule has 74 heavy (non-hydrogen) atoms. The van der Waals surface area contributed by atoms with Crippen molar-refractivity contribution >= 4 is 0 Å². The van der Waals surface area contributed by atoms with Crippen LogP contribution in [0.25, 0.3) is 112 Å². The van der Waals surface area contributed by atoms with E-state index in [9.17, 15) is 1.37 Å². The van der Waals surface area contributed by atoms with Crippen molar-refractivity contribution in [3.63, 3.8) is 0 Å². The number of nitrogens with zero attached hydrogens (tertiary/aromatic N) is 4. The lowest BCUT2D eigenvalue weighted by Gasteiger charge is -2.38. The molecule has 1 aliphatic rings. The van der Waals surface area contributed by atoms with Gasteiger partial charge in [0.15, 0.2) is 17.5 Å². The zero-order valence-electron chi connectivity index (χ0n) is 55.9. The van der Waals surface area contributed by atoms with Gasteiger partial charge in [-0.15, -0.1) is 0 Å². The Hall–Kier alpha value is -8.86. The van der Waals surface area contributed by atoms with E-state index in [1.165, 1.54) is 18.3 Å². The second-order valence-corrected chi connectivity index (χ2v) is 18.6. The van der Waals surface area contributed by atoms with Gasteiger partial charge >= 0.3 is 0 Å². The summed E-state index contributed by atoms with van der Waals surface area (Å²) in [6, 6.07) is 75.7. The van der Waals surface area contributed by atoms with Crippen LogP contribution in [0.2, 0.25) is 0 Å². The predicted molar refractivity (Wildman–Crippen MR) is 307 cm³/mol. The molecule has 0 saturated heterocycles. The molecule has 12 rings (SSSR count). The maximum atomic E-state index is 9.81. The third-order valence-electron chi connectivity index (χ3n) is 13.8. The van der Waals surface area contributed by atoms with Crippen molar-refractivity contribution in [3.05, 3.63) is 254 Å². The summed E-state index contributed by atoms with van der Waals surface area (Å²) >= 11 is 0. The van der Waals surface area contributed by atoms with Crippen molar-refractivity contribution in [1.82, 2.24) is 19.9 Å². The van der Waals surface area contributed by atoms with Gasteiger partial charge in [-0.05, 0) is 161 Å². The van der Waals surface area contributed by atoms with Crippen LogP contribution in [0.4, 0.5) is 0 Å². The summed E-state index contributed by atoms with van der Waals surface area (Å²) in [7, 11) is 0. The molecule has 0 N–H and O–H groups in total. The quantitative estimate of drug-likeness (QED) is 0.137. The Morgan fingerprint density at radius 1 is 0.338 bits per heavy atom. The van der Waals surface area contributed by atoms with Gasteiger partial charge in [0, 0.05) is 50.4 Å². The van der Waals surface area contributed by atoms with Gasteiger partial charge in [0.1, 0.15) is 0 Å². The molecule has 0 fully saturated rings. The Labute approximate surface area is 457 Å². The number of pyridine rings is 1. The molecule has 11 aromatic rings. The van der Waals surface area contributed by atoms with E-state index < -0.39 is 62.1 Å². The van der Waals surface area contributed by atoms with E-state index in [0.717, 1.165) is 78.9 Å². The molecule has 0 saturated carbocycles. The third-order valence-corrected chi connectivity index (χ3v) is 13.8. The lowest BCUT2D eigenvalue weighted by Crippen LogP contribution is -2.33. The minimum atomic E-state index is -4.25. The molecule has 2 aromatic heterocycles. The molecular formula is C70H56N4. The number of rotatable bonds is 10. The summed E-state index contributed by atoms with van der Waals surface area (Å²) in [5, 5.41) is 0. The van der Waals surface area contributed by atoms with Crippen LogP contribution in [0.15, 0.2) is 243 Å². The molecule has 0 amide bonds. The monoisotopic (exact) mass is 969 g/mol. The molecule has 0 radical (unpaired) electrons. The van der Waals surface area contributed by atoms with E-state index in [-0.39, 0.29) is 17.1 Å². The molecule has 0 spiro atoms. The largest absolute Gasteiger partial charge is 0.255 e. The van der Waals surface area contributed by atoms with E-state index in [1.807, 2.05) is 121 Å². The van der Waals surface area contributed by atoms with E-state index in [4.69, 9.17) is 40.5 Å². The predicted octanol–water partition coefficient (Wildman–Crippen LogP) is 18.4. The maximum absolute atomic E-state index is 9.81. The minimum absolute atomic E-state index is 0.00204. The van der Waals surface area contributed by atoms with Crippen molar-refractivity contribution in [1.29, 1.82) is 0 Å². The standard InChI is InChI=1S/C70H56N4/c1-46-63-44-53(32-34-64(63)70(4,5)69(46,2)3)65-35-33-56(45-71-65)68-73-66(54-30-18-28-51(36-54)61-40-57(47-20-10-6-11-21-47)38-58(41-61)48-22-12-7-13-23-48)72-67(74-68)55-31-19-29-52(37-55)62-42-59(49-24-14-8-15-25-49)39-60(43-62)50-26-16-9-17-27-50/h6-46H,1-5H3/i1D3,2D3,3D3,4D3,5D3,46D. The van der Waals surface area contributed by atoms with Gasteiger partial charge in [-0.25, -0.2) is 15.0 Å². The highest BCUT2D eigenvalue weighted by molar-refractivity contribution is 5.85. The van der Waals surface area contributed by atoms with Crippen LogP contribution in [-0.4, -0.2) is 19.9 Å². The summed E-state index contributed by atoms with van der Waals surface area (Å²) in [4.78, 5) is 20.1. The van der Waals surface area contributed by atoms with E-state index in [0.29, 0.717) is 28.3 Å². The van der Waals surface area contributed by atoms with Gasteiger partial charge in [-0.2, -0.15) is 0 Å². The number of benzene rings is 9. The first-order valence-electron chi connectivity index (χ1n) is 32.3. The summed E-state index contributed by atoms with van der Waals surface area (Å²) in [5.41, 5.74) is 3.78. The van der Waals surface area contributed by atoms with Crippen LogP contribution in [-0.2, 0) is 5.41 Å². The fourth-order valence-corrected chi connectivity index (χ4v) is 9.74. The van der Waals surface area contributed by atoms with Crippen molar-refractivity contribution in [2.75, 3.05) is 0 Å². The zero-order chi connectivity index (χ0) is 63.8. The average molecular weight is 969 g/mol. The Morgan fingerprint density at radius 2 is 0.716 bits per heavy atom. The number of hydrogen-bond acceptors (Lipinski definition) is 4. The molecule has 4 heteroatoms. The van der Waals surface area contributed by atoms with Crippen molar-refractivity contribution in [2.45, 2.75) is 45.6 Å². The smallest absolute Gasteiger partial charge is 0.165 e. The highest BCUT2D eigenvalue weighted by Gasteiger charge is 2.50. The van der Waals surface area contributed by atoms with Crippen LogP contribution in [0.5, 0.6) is 0 Å². The van der Waals surface area contributed by atoms with Crippen molar-refractivity contribution in [2.24, 2.45) is 5.41 Å². The summed E-state index contributed by atoms with van der Waals surface area (Å²) in [5.74, 6) is -3.04. The Balaban J connectivity index is 1.01. The molecule has 2 heterocycles. The van der Waals surface area contributed by atoms with Gasteiger partial charge in [-0.3, -0.25) is 4.98 Å². The van der Waals surface area contributed by atoms with Gasteiger partial charge in [0.25, 0.3) is 0 Å². The molecule has 356 valence electrons. The van der Waals surface area contributed by atoms with E-state index >= 15 is 0 Å². The number of hydrogen-bond donors (Lipinski definition) is 0. The number of fused-ring (bicyclic) bond motifs is 1. The highest BCUT2D eigenvalue weighted by atomic mass is 15.0. The Bertz CT molecular complexity index is 4140. The molecular weight excluding hydrogens is 897 g/mol. The second-order valence-electron chi connectivity index (χ2n) is 18.6. The SMILES string of the molecule is [2H]C([2H])([2H])C1([2H])c2cc(-c3ccc(-c4nc(-c5cccc(-c6cc(-c7ccccc7)cc(-c7ccccc7)c6)c5)nc(-c5cccc(-c6cc(-c7ccccc7)cc(-c7ccccc7)c6)c5)n4)cn3)ccc2C(C([2H])([2H])[2H])(C([2H])([2H])[2H])C1(C([2H])([2H])[2H])C([2H])([2H])[2H]. The zero-order valence-corrected chi connectivity index (χ0v) is 39.9. The lowest BCUT2D eigenvalue weighted by atomic mass is 9.65. The first-order valence-corrected chi connectivity index (χ1v) is 24.3. The van der Waals surface area contributed by atoms with Crippen LogP contribution in [0, 0.1) is 5.41 Å². The summed E-state index contributed by atoms with van der Waals surface area (Å²) < 4.78 is 141. The molecule has 0 aliphatic heterocycles. The summed E-state index contributed by atoms with van der Waals surface area (Å²) in [6.45, 7) is -20.4. The first-order chi connectivity index (χ1) is 42.6. The molecule has 1 aliphatic carbocycles. The van der Waals surface area contributed by atoms with Crippen LogP contribution >= 0.6 is 0 Å². The highest BCUT2D eigenvalue weighted by Crippen LogP contribution is 2.58. The van der Waals surface area contributed by atoms with Crippen LogP contribution in [0.1, 0.15) is 73.2 Å². The second kappa shape index (κ2) is 19.0. The molecule has 0 bridgehead atoms. The van der Waals surface area contributed by atoms with Gasteiger partial charge in [-0.1, -0.05) is 204 Å². The van der Waals surface area contributed by atoms with Gasteiger partial charge in [0.05, 0.1) is 5.69 Å². The molecule has 4 nitrogen and oxygen atoms in total. The van der Waals surface area contributed by atoms with Crippen LogP contribution < -0.4 is 0 Å². The first kappa shape index (κ1) is 31.6.